The van der Waals surface area contributed by atoms with E-state index in [2.05, 4.69) is 4.98 Å². The van der Waals surface area contributed by atoms with E-state index in [1.54, 1.807) is 0 Å². The Hall–Kier alpha value is -3.75. The Kier molecular flexibility index (Phi) is 9.57. The van der Waals surface area contributed by atoms with Gasteiger partial charge in [-0.2, -0.15) is 13.2 Å². The highest BCUT2D eigenvalue weighted by Gasteiger charge is 2.37. The van der Waals surface area contributed by atoms with Crippen LogP contribution in [0.25, 0.3) is 11.1 Å². The maximum Gasteiger partial charge on any atom is 0.391 e. The summed E-state index contributed by atoms with van der Waals surface area (Å²) >= 11 is 0. The van der Waals surface area contributed by atoms with Crippen LogP contribution in [0.3, 0.4) is 0 Å². The fourth-order valence-corrected chi connectivity index (χ4v) is 5.85. The minimum Gasteiger partial charge on any atom is -0.384 e. The molecule has 1 N–H and O–H groups in total. The molecule has 0 fully saturated rings. The SMILES string of the molecule is CC(C)(O)c1cc(CN(C(=O)C(OCCC(F)(F)F)c2ccc(-c3ccc(F)c(F)c3)cc2F)[C@@H]2C=CS(=O)(=O)C2)ccn1. The Labute approximate surface area is 249 Å². The number of carbonyl (C=O) groups excluding carboxylic acids is 1. The third kappa shape index (κ3) is 8.24. The van der Waals surface area contributed by atoms with Gasteiger partial charge in [-0.05, 0) is 66.9 Å². The predicted molar refractivity (Wildman–Crippen MR) is 148 cm³/mol. The number of ether oxygens (including phenoxy) is 1. The number of halogens is 6. The number of aromatic nitrogens is 1. The molecule has 4 rings (SSSR count). The van der Waals surface area contributed by atoms with E-state index in [1.165, 1.54) is 50.4 Å². The van der Waals surface area contributed by atoms with Crippen LogP contribution < -0.4 is 0 Å². The molecular weight excluding hydrogens is 614 g/mol. The lowest BCUT2D eigenvalue weighted by molar-refractivity contribution is -0.161. The van der Waals surface area contributed by atoms with E-state index in [9.17, 15) is 40.3 Å². The van der Waals surface area contributed by atoms with Gasteiger partial charge in [0, 0.05) is 23.7 Å². The van der Waals surface area contributed by atoms with Crippen molar-refractivity contribution in [1.29, 1.82) is 0 Å². The maximum atomic E-state index is 15.6. The molecule has 2 aromatic carbocycles. The smallest absolute Gasteiger partial charge is 0.384 e. The molecule has 2 atom stereocenters. The van der Waals surface area contributed by atoms with Gasteiger partial charge in [0.2, 0.25) is 0 Å². The molecule has 1 aliphatic rings. The van der Waals surface area contributed by atoms with Crippen LogP contribution in [0.5, 0.6) is 0 Å². The number of hydrogen-bond donors (Lipinski definition) is 1. The summed E-state index contributed by atoms with van der Waals surface area (Å²) in [5.41, 5.74) is -1.02. The maximum absolute atomic E-state index is 15.6. The van der Waals surface area contributed by atoms with Crippen molar-refractivity contribution >= 4 is 15.7 Å². The largest absolute Gasteiger partial charge is 0.391 e. The summed E-state index contributed by atoms with van der Waals surface area (Å²) in [6.45, 7) is 1.65. The molecule has 7 nitrogen and oxygen atoms in total. The number of hydrogen-bond acceptors (Lipinski definition) is 6. The van der Waals surface area contributed by atoms with Gasteiger partial charge >= 0.3 is 6.18 Å². The second kappa shape index (κ2) is 12.7. The van der Waals surface area contributed by atoms with E-state index in [0.29, 0.717) is 5.56 Å². The van der Waals surface area contributed by atoms with Gasteiger partial charge in [-0.15, -0.1) is 0 Å². The second-order valence-corrected chi connectivity index (χ2v) is 12.7. The molecule has 1 amide bonds. The van der Waals surface area contributed by atoms with E-state index in [4.69, 9.17) is 4.74 Å². The van der Waals surface area contributed by atoms with E-state index < -0.39 is 81.5 Å². The van der Waals surface area contributed by atoms with Gasteiger partial charge in [0.05, 0.1) is 30.5 Å². The first-order valence-corrected chi connectivity index (χ1v) is 15.0. The molecule has 44 heavy (non-hydrogen) atoms. The molecule has 0 bridgehead atoms. The number of alkyl halides is 3. The monoisotopic (exact) mass is 642 g/mol. The molecule has 0 saturated carbocycles. The molecule has 2 heterocycles. The minimum atomic E-state index is -4.66. The molecule has 0 spiro atoms. The number of aliphatic hydroxyl groups is 1. The molecule has 1 aliphatic heterocycles. The van der Waals surface area contributed by atoms with Crippen molar-refractivity contribution in [3.05, 3.63) is 100 Å². The van der Waals surface area contributed by atoms with Gasteiger partial charge in [0.1, 0.15) is 11.4 Å². The Balaban J connectivity index is 1.74. The predicted octanol–water partition coefficient (Wildman–Crippen LogP) is 5.74. The summed E-state index contributed by atoms with van der Waals surface area (Å²) in [6.07, 6.45) is -5.46. The molecule has 0 saturated heterocycles. The van der Waals surface area contributed by atoms with E-state index in [0.717, 1.165) is 34.6 Å². The van der Waals surface area contributed by atoms with E-state index >= 15 is 4.39 Å². The average Bonchev–Trinajstić information content (AvgIpc) is 3.29. The topological polar surface area (TPSA) is 96.8 Å². The summed E-state index contributed by atoms with van der Waals surface area (Å²) in [4.78, 5) is 19.2. The van der Waals surface area contributed by atoms with E-state index in [-0.39, 0.29) is 23.4 Å². The van der Waals surface area contributed by atoms with Gasteiger partial charge in [-0.25, -0.2) is 21.6 Å². The molecule has 236 valence electrons. The first-order valence-electron chi connectivity index (χ1n) is 13.3. The Bertz CT molecular complexity index is 1670. The van der Waals surface area contributed by atoms with Gasteiger partial charge in [0.15, 0.2) is 27.6 Å². The van der Waals surface area contributed by atoms with E-state index in [1.807, 2.05) is 0 Å². The first kappa shape index (κ1) is 33.1. The van der Waals surface area contributed by atoms with Crippen molar-refractivity contribution in [2.75, 3.05) is 12.4 Å². The number of rotatable bonds is 10. The summed E-state index contributed by atoms with van der Waals surface area (Å²) in [6, 6.07) is 8.01. The number of nitrogens with zero attached hydrogens (tertiary/aromatic N) is 2. The lowest BCUT2D eigenvalue weighted by atomic mass is 9.99. The molecule has 0 radical (unpaired) electrons. The number of pyridine rings is 1. The van der Waals surface area contributed by atoms with Crippen LogP contribution in [-0.4, -0.2) is 53.9 Å². The van der Waals surface area contributed by atoms with Crippen LogP contribution >= 0.6 is 0 Å². The number of benzene rings is 2. The van der Waals surface area contributed by atoms with Gasteiger partial charge < -0.3 is 14.7 Å². The first-order chi connectivity index (χ1) is 20.4. The van der Waals surface area contributed by atoms with Crippen molar-refractivity contribution in [1.82, 2.24) is 9.88 Å². The van der Waals surface area contributed by atoms with Gasteiger partial charge in [-0.3, -0.25) is 9.78 Å². The van der Waals surface area contributed by atoms with Crippen LogP contribution in [0.4, 0.5) is 26.3 Å². The summed E-state index contributed by atoms with van der Waals surface area (Å²) in [7, 11) is -3.72. The summed E-state index contributed by atoms with van der Waals surface area (Å²) in [5.74, 6) is -4.95. The normalized spacial score (nSPS) is 17.1. The quantitative estimate of drug-likeness (QED) is 0.284. The van der Waals surface area contributed by atoms with Gasteiger partial charge in [-0.1, -0.05) is 18.2 Å². The lowest BCUT2D eigenvalue weighted by Crippen LogP contribution is -2.44. The van der Waals surface area contributed by atoms with Crippen LogP contribution in [0.15, 0.2) is 66.2 Å². The van der Waals surface area contributed by atoms with Crippen molar-refractivity contribution in [2.45, 2.75) is 50.7 Å². The van der Waals surface area contributed by atoms with Crippen LogP contribution in [-0.2, 0) is 31.5 Å². The van der Waals surface area contributed by atoms with Crippen molar-refractivity contribution in [2.24, 2.45) is 0 Å². The van der Waals surface area contributed by atoms with Crippen LogP contribution in [0.2, 0.25) is 0 Å². The number of amides is 1. The third-order valence-electron chi connectivity index (χ3n) is 6.83. The molecule has 3 aromatic rings. The molecule has 14 heteroatoms. The number of carbonyl (C=O) groups is 1. The average molecular weight is 643 g/mol. The van der Waals surface area contributed by atoms with Crippen molar-refractivity contribution in [3.63, 3.8) is 0 Å². The highest BCUT2D eigenvalue weighted by atomic mass is 32.2. The molecular formula is C30H28F6N2O5S. The van der Waals surface area contributed by atoms with Crippen LogP contribution in [0, 0.1) is 17.5 Å². The Morgan fingerprint density at radius 2 is 1.68 bits per heavy atom. The highest BCUT2D eigenvalue weighted by Crippen LogP contribution is 2.32. The Morgan fingerprint density at radius 1 is 1.02 bits per heavy atom. The third-order valence-corrected chi connectivity index (χ3v) is 8.21. The molecule has 1 unspecified atom stereocenters. The van der Waals surface area contributed by atoms with Crippen LogP contribution in [0.1, 0.15) is 43.2 Å². The zero-order chi connectivity index (χ0) is 32.4. The standard InChI is InChI=1S/C30H28F6N2O5S/c1-29(2,40)26-13-18(7-10-37-26)16-38(21-8-12-44(41,42)17-21)28(39)27(43-11-9-30(34,35)36)22-5-3-19(14-24(22)32)20-4-6-23(31)25(33)15-20/h3-8,10,12-15,21,27,40H,9,11,16-17H2,1-2H3/t21-,27?/m1/s1. The Morgan fingerprint density at radius 3 is 2.25 bits per heavy atom. The van der Waals surface area contributed by atoms with Crippen molar-refractivity contribution in [3.8, 4) is 11.1 Å². The second-order valence-electron chi connectivity index (χ2n) is 10.8. The lowest BCUT2D eigenvalue weighted by Gasteiger charge is -2.32. The summed E-state index contributed by atoms with van der Waals surface area (Å²) < 4.78 is 112. The zero-order valence-electron chi connectivity index (χ0n) is 23.5. The fourth-order valence-electron chi connectivity index (χ4n) is 4.55. The summed E-state index contributed by atoms with van der Waals surface area (Å²) in [5, 5.41) is 11.3. The van der Waals surface area contributed by atoms with Gasteiger partial charge in [0.25, 0.3) is 5.91 Å². The zero-order valence-corrected chi connectivity index (χ0v) is 24.3. The molecule has 0 aliphatic carbocycles. The minimum absolute atomic E-state index is 0.0873. The highest BCUT2D eigenvalue weighted by molar-refractivity contribution is 7.94. The fraction of sp³-hybridized carbons (Fsp3) is 0.333. The number of sulfone groups is 1. The molecule has 1 aromatic heterocycles. The van der Waals surface area contributed by atoms with Crippen molar-refractivity contribution < 1.29 is 49.4 Å².